The van der Waals surface area contributed by atoms with Gasteiger partial charge in [-0.1, -0.05) is 12.1 Å². The van der Waals surface area contributed by atoms with Crippen LogP contribution in [-0.4, -0.2) is 13.0 Å². The zero-order chi connectivity index (χ0) is 13.5. The van der Waals surface area contributed by atoms with Crippen LogP contribution in [0.4, 0.5) is 5.69 Å². The quantitative estimate of drug-likeness (QED) is 0.473. The summed E-state index contributed by atoms with van der Waals surface area (Å²) in [4.78, 5) is 10.1. The lowest BCUT2D eigenvalue weighted by Crippen LogP contribution is -2.14. The third-order valence-electron chi connectivity index (χ3n) is 2.68. The van der Waals surface area contributed by atoms with Crippen molar-refractivity contribution >= 4 is 12.1 Å². The molecule has 0 heterocycles. The molecule has 0 aliphatic carbocycles. The van der Waals surface area contributed by atoms with Crippen LogP contribution in [0.3, 0.4) is 0 Å². The zero-order valence-corrected chi connectivity index (χ0v) is 10.5. The first-order valence-electron chi connectivity index (χ1n) is 6.07. The number of hydrogen-bond donors (Lipinski definition) is 2. The molecule has 0 aromatic heterocycles. The maximum atomic E-state index is 10.1. The van der Waals surface area contributed by atoms with Gasteiger partial charge in [-0.3, -0.25) is 4.79 Å². The maximum absolute atomic E-state index is 10.1. The number of rotatable bonds is 6. The highest BCUT2D eigenvalue weighted by molar-refractivity contribution is 5.46. The van der Waals surface area contributed by atoms with Crippen LogP contribution in [0.1, 0.15) is 5.56 Å². The number of nitrogen functional groups attached to an aromatic ring is 1. The average molecular weight is 256 g/mol. The minimum atomic E-state index is 0.641. The lowest BCUT2D eigenvalue weighted by atomic mass is 10.1. The number of ether oxygens (including phenoxy) is 1. The highest BCUT2D eigenvalue weighted by atomic mass is 16.5. The summed E-state index contributed by atoms with van der Waals surface area (Å²) in [5, 5.41) is 2.63. The van der Waals surface area contributed by atoms with Crippen molar-refractivity contribution in [2.24, 2.45) is 0 Å². The predicted molar refractivity (Wildman–Crippen MR) is 75.1 cm³/mol. The summed E-state index contributed by atoms with van der Waals surface area (Å²) in [6, 6.07) is 15.1. The molecule has 19 heavy (non-hydrogen) atoms. The Hall–Kier alpha value is -2.49. The molecule has 0 atom stereocenters. The van der Waals surface area contributed by atoms with E-state index in [1.807, 2.05) is 36.4 Å². The highest BCUT2D eigenvalue weighted by Gasteiger charge is 1.98. The molecule has 0 spiro atoms. The second-order valence-corrected chi connectivity index (χ2v) is 4.14. The second-order valence-electron chi connectivity index (χ2n) is 4.14. The zero-order valence-electron chi connectivity index (χ0n) is 10.5. The van der Waals surface area contributed by atoms with Crippen molar-refractivity contribution < 1.29 is 9.53 Å². The number of anilines is 1. The van der Waals surface area contributed by atoms with E-state index in [-0.39, 0.29) is 0 Å². The van der Waals surface area contributed by atoms with Gasteiger partial charge in [-0.05, 0) is 48.4 Å². The van der Waals surface area contributed by atoms with Gasteiger partial charge in [-0.25, -0.2) is 0 Å². The molecule has 2 rings (SSSR count). The van der Waals surface area contributed by atoms with Crippen molar-refractivity contribution in [2.75, 3.05) is 12.3 Å². The van der Waals surface area contributed by atoms with Crippen LogP contribution in [0.25, 0.3) is 0 Å². The number of nitrogens with one attached hydrogen (secondary N) is 1. The molecular formula is C15H16N2O2. The summed E-state index contributed by atoms with van der Waals surface area (Å²) in [5.74, 6) is 1.53. The van der Waals surface area contributed by atoms with Crippen LogP contribution in [0.15, 0.2) is 48.5 Å². The topological polar surface area (TPSA) is 64.3 Å². The van der Waals surface area contributed by atoms with E-state index in [0.717, 1.165) is 23.5 Å². The number of benzene rings is 2. The third kappa shape index (κ3) is 4.03. The summed E-state index contributed by atoms with van der Waals surface area (Å²) in [6.07, 6.45) is 1.51. The SMILES string of the molecule is Nc1ccc(Oc2ccc(CCNC=O)cc2)cc1. The van der Waals surface area contributed by atoms with E-state index in [1.54, 1.807) is 12.1 Å². The first-order chi connectivity index (χ1) is 9.28. The van der Waals surface area contributed by atoms with Crippen LogP contribution in [0.2, 0.25) is 0 Å². The van der Waals surface area contributed by atoms with E-state index in [4.69, 9.17) is 10.5 Å². The summed E-state index contributed by atoms with van der Waals surface area (Å²) in [5.41, 5.74) is 7.48. The fraction of sp³-hybridized carbons (Fsp3) is 0.133. The van der Waals surface area contributed by atoms with Crippen molar-refractivity contribution in [3.8, 4) is 11.5 Å². The van der Waals surface area contributed by atoms with Crippen molar-refractivity contribution in [1.29, 1.82) is 0 Å². The normalized spacial score (nSPS) is 9.89. The maximum Gasteiger partial charge on any atom is 0.207 e. The number of hydrogen-bond acceptors (Lipinski definition) is 3. The molecule has 0 aliphatic heterocycles. The van der Waals surface area contributed by atoms with E-state index in [1.165, 1.54) is 0 Å². The van der Waals surface area contributed by atoms with Crippen molar-refractivity contribution in [2.45, 2.75) is 6.42 Å². The van der Waals surface area contributed by atoms with E-state index < -0.39 is 0 Å². The lowest BCUT2D eigenvalue weighted by Gasteiger charge is -2.07. The Morgan fingerprint density at radius 3 is 2.16 bits per heavy atom. The van der Waals surface area contributed by atoms with Crippen LogP contribution >= 0.6 is 0 Å². The van der Waals surface area contributed by atoms with E-state index in [9.17, 15) is 4.79 Å². The van der Waals surface area contributed by atoms with Crippen LogP contribution in [-0.2, 0) is 11.2 Å². The molecule has 4 heteroatoms. The number of amides is 1. The molecule has 0 fully saturated rings. The van der Waals surface area contributed by atoms with Crippen LogP contribution < -0.4 is 15.8 Å². The lowest BCUT2D eigenvalue weighted by molar-refractivity contribution is -0.109. The van der Waals surface area contributed by atoms with Gasteiger partial charge in [0.05, 0.1) is 0 Å². The molecule has 0 saturated heterocycles. The first kappa shape index (κ1) is 13.0. The molecule has 98 valence electrons. The molecule has 2 aromatic rings. The minimum absolute atomic E-state index is 0.641. The van der Waals surface area contributed by atoms with Crippen LogP contribution in [0, 0.1) is 0 Å². The molecule has 0 bridgehead atoms. The van der Waals surface area contributed by atoms with Crippen molar-refractivity contribution in [3.05, 3.63) is 54.1 Å². The van der Waals surface area contributed by atoms with Gasteiger partial charge in [-0.2, -0.15) is 0 Å². The number of carbonyl (C=O) groups excluding carboxylic acids is 1. The van der Waals surface area contributed by atoms with Crippen molar-refractivity contribution in [3.63, 3.8) is 0 Å². The Morgan fingerprint density at radius 2 is 1.58 bits per heavy atom. The van der Waals surface area contributed by atoms with E-state index in [2.05, 4.69) is 5.32 Å². The Morgan fingerprint density at radius 1 is 1.00 bits per heavy atom. The Kier molecular flexibility index (Phi) is 4.39. The molecule has 3 N–H and O–H groups in total. The molecule has 1 amide bonds. The van der Waals surface area contributed by atoms with Gasteiger partial charge in [0.15, 0.2) is 0 Å². The summed E-state index contributed by atoms with van der Waals surface area (Å²) in [6.45, 7) is 0.641. The monoisotopic (exact) mass is 256 g/mol. The average Bonchev–Trinajstić information content (AvgIpc) is 2.44. The van der Waals surface area contributed by atoms with Gasteiger partial charge in [-0.15, -0.1) is 0 Å². The third-order valence-corrected chi connectivity index (χ3v) is 2.68. The van der Waals surface area contributed by atoms with Gasteiger partial charge in [0.2, 0.25) is 6.41 Å². The Bertz CT molecular complexity index is 521. The smallest absolute Gasteiger partial charge is 0.207 e. The Labute approximate surface area is 112 Å². The molecular weight excluding hydrogens is 240 g/mol. The summed E-state index contributed by atoms with van der Waals surface area (Å²) < 4.78 is 5.69. The molecule has 0 saturated carbocycles. The van der Waals surface area contributed by atoms with Crippen LogP contribution in [0.5, 0.6) is 11.5 Å². The first-order valence-corrected chi connectivity index (χ1v) is 6.07. The van der Waals surface area contributed by atoms with Gasteiger partial charge in [0.25, 0.3) is 0 Å². The van der Waals surface area contributed by atoms with E-state index in [0.29, 0.717) is 18.6 Å². The highest BCUT2D eigenvalue weighted by Crippen LogP contribution is 2.22. The molecule has 0 aliphatic rings. The Balaban J connectivity index is 1.94. The summed E-state index contributed by atoms with van der Waals surface area (Å²) >= 11 is 0. The van der Waals surface area contributed by atoms with Gasteiger partial charge < -0.3 is 15.8 Å². The molecule has 2 aromatic carbocycles. The van der Waals surface area contributed by atoms with Gasteiger partial charge in [0.1, 0.15) is 11.5 Å². The van der Waals surface area contributed by atoms with E-state index >= 15 is 0 Å². The summed E-state index contributed by atoms with van der Waals surface area (Å²) in [7, 11) is 0. The number of carbonyl (C=O) groups is 1. The fourth-order valence-corrected chi connectivity index (χ4v) is 1.67. The van der Waals surface area contributed by atoms with Gasteiger partial charge in [0, 0.05) is 12.2 Å². The minimum Gasteiger partial charge on any atom is -0.457 e. The fourth-order valence-electron chi connectivity index (χ4n) is 1.67. The second kappa shape index (κ2) is 6.44. The molecule has 0 radical (unpaired) electrons. The van der Waals surface area contributed by atoms with Gasteiger partial charge >= 0.3 is 0 Å². The standard InChI is InChI=1S/C15H16N2O2/c16-13-3-7-15(8-4-13)19-14-5-1-12(2-6-14)9-10-17-11-18/h1-8,11H,9-10,16H2,(H,17,18). The van der Waals surface area contributed by atoms with Crippen molar-refractivity contribution in [1.82, 2.24) is 5.32 Å². The number of nitrogens with two attached hydrogens (primary N) is 1. The molecule has 0 unspecified atom stereocenters. The largest absolute Gasteiger partial charge is 0.457 e. The molecule has 4 nitrogen and oxygen atoms in total. The predicted octanol–water partition coefficient (Wildman–Crippen LogP) is 2.35.